The molecular formula is C20H24Cl2N2O2. The molecule has 4 nitrogen and oxygen atoms in total. The van der Waals surface area contributed by atoms with Crippen LogP contribution >= 0.6 is 24.0 Å². The first-order valence-electron chi connectivity index (χ1n) is 8.66. The average molecular weight is 395 g/mol. The minimum absolute atomic E-state index is 0. The van der Waals surface area contributed by atoms with Crippen molar-refractivity contribution in [2.75, 3.05) is 13.1 Å². The Balaban J connectivity index is 0.00000243. The van der Waals surface area contributed by atoms with Crippen LogP contribution in [0.3, 0.4) is 0 Å². The van der Waals surface area contributed by atoms with Crippen molar-refractivity contribution >= 4 is 29.9 Å². The SMILES string of the molecule is Cl.O=C(Cc1cccc(OCc2ccccc2Cl)c1)NC1CCNCC1. The van der Waals surface area contributed by atoms with E-state index in [1.54, 1.807) is 0 Å². The normalized spacial score (nSPS) is 14.3. The Hall–Kier alpha value is -1.75. The van der Waals surface area contributed by atoms with Crippen LogP contribution in [-0.4, -0.2) is 25.0 Å². The largest absolute Gasteiger partial charge is 0.489 e. The second kappa shape index (κ2) is 10.4. The molecule has 0 unspecified atom stereocenters. The van der Waals surface area contributed by atoms with Crippen molar-refractivity contribution in [3.63, 3.8) is 0 Å². The average Bonchev–Trinajstić information content (AvgIpc) is 2.62. The summed E-state index contributed by atoms with van der Waals surface area (Å²) in [6.45, 7) is 2.34. The van der Waals surface area contributed by atoms with E-state index >= 15 is 0 Å². The van der Waals surface area contributed by atoms with Crippen LogP contribution in [0.1, 0.15) is 24.0 Å². The first-order valence-corrected chi connectivity index (χ1v) is 9.04. The minimum Gasteiger partial charge on any atom is -0.489 e. The van der Waals surface area contributed by atoms with E-state index in [-0.39, 0.29) is 24.4 Å². The number of nitrogens with one attached hydrogen (secondary N) is 2. The summed E-state index contributed by atoms with van der Waals surface area (Å²) < 4.78 is 5.82. The number of hydrogen-bond donors (Lipinski definition) is 2. The van der Waals surface area contributed by atoms with Crippen molar-refractivity contribution in [3.05, 3.63) is 64.7 Å². The zero-order chi connectivity index (χ0) is 17.5. The van der Waals surface area contributed by atoms with Gasteiger partial charge in [0, 0.05) is 16.6 Å². The van der Waals surface area contributed by atoms with Gasteiger partial charge in [-0.1, -0.05) is 41.9 Å². The summed E-state index contributed by atoms with van der Waals surface area (Å²) in [5, 5.41) is 7.11. The Labute approximate surface area is 165 Å². The molecule has 26 heavy (non-hydrogen) atoms. The van der Waals surface area contributed by atoms with Gasteiger partial charge in [0.1, 0.15) is 12.4 Å². The second-order valence-electron chi connectivity index (χ2n) is 6.30. The summed E-state index contributed by atoms with van der Waals surface area (Å²) in [6.07, 6.45) is 2.35. The molecule has 2 aromatic carbocycles. The number of ether oxygens (including phenoxy) is 1. The molecule has 0 bridgehead atoms. The van der Waals surface area contributed by atoms with Crippen LogP contribution < -0.4 is 15.4 Å². The first-order chi connectivity index (χ1) is 12.2. The molecule has 2 aromatic rings. The summed E-state index contributed by atoms with van der Waals surface area (Å²) >= 11 is 6.15. The lowest BCUT2D eigenvalue weighted by atomic mass is 10.1. The van der Waals surface area contributed by atoms with Gasteiger partial charge in [0.25, 0.3) is 0 Å². The third-order valence-corrected chi connectivity index (χ3v) is 4.69. The Morgan fingerprint density at radius 1 is 1.15 bits per heavy atom. The summed E-state index contributed by atoms with van der Waals surface area (Å²) in [4.78, 5) is 12.2. The number of piperidine rings is 1. The van der Waals surface area contributed by atoms with Gasteiger partial charge in [-0.2, -0.15) is 0 Å². The van der Waals surface area contributed by atoms with E-state index in [2.05, 4.69) is 10.6 Å². The summed E-state index contributed by atoms with van der Waals surface area (Å²) in [6, 6.07) is 15.6. The lowest BCUT2D eigenvalue weighted by molar-refractivity contribution is -0.121. The number of amides is 1. The van der Waals surface area contributed by atoms with Crippen LogP contribution in [0, 0.1) is 0 Å². The fourth-order valence-corrected chi connectivity index (χ4v) is 3.14. The van der Waals surface area contributed by atoms with E-state index in [4.69, 9.17) is 16.3 Å². The molecule has 0 aliphatic carbocycles. The van der Waals surface area contributed by atoms with Crippen LogP contribution in [0.15, 0.2) is 48.5 Å². The number of hydrogen-bond acceptors (Lipinski definition) is 3. The molecule has 1 saturated heterocycles. The van der Waals surface area contributed by atoms with Crippen LogP contribution in [0.5, 0.6) is 5.75 Å². The molecule has 1 aliphatic rings. The van der Waals surface area contributed by atoms with Crippen LogP contribution in [0.2, 0.25) is 5.02 Å². The van der Waals surface area contributed by atoms with Crippen molar-refractivity contribution in [1.82, 2.24) is 10.6 Å². The maximum atomic E-state index is 12.2. The molecule has 0 radical (unpaired) electrons. The molecule has 0 atom stereocenters. The number of benzene rings is 2. The minimum atomic E-state index is 0. The maximum absolute atomic E-state index is 12.2. The number of carbonyl (C=O) groups excluding carboxylic acids is 1. The van der Waals surface area contributed by atoms with E-state index in [1.165, 1.54) is 0 Å². The standard InChI is InChI=1S/C20H23ClN2O2.ClH/c21-19-7-2-1-5-16(19)14-25-18-6-3-4-15(12-18)13-20(24)23-17-8-10-22-11-9-17;/h1-7,12,17,22H,8-11,13-14H2,(H,23,24);1H. The van der Waals surface area contributed by atoms with Crippen LogP contribution in [-0.2, 0) is 17.8 Å². The Morgan fingerprint density at radius 2 is 1.92 bits per heavy atom. The van der Waals surface area contributed by atoms with Gasteiger partial charge >= 0.3 is 0 Å². The van der Waals surface area contributed by atoms with Crippen LogP contribution in [0.4, 0.5) is 0 Å². The van der Waals surface area contributed by atoms with Gasteiger partial charge in [-0.15, -0.1) is 12.4 Å². The molecule has 0 saturated carbocycles. The van der Waals surface area contributed by atoms with Crippen molar-refractivity contribution in [2.24, 2.45) is 0 Å². The van der Waals surface area contributed by atoms with Crippen LogP contribution in [0.25, 0.3) is 0 Å². The summed E-state index contributed by atoms with van der Waals surface area (Å²) in [7, 11) is 0. The van der Waals surface area contributed by atoms with Crippen molar-refractivity contribution in [3.8, 4) is 5.75 Å². The highest BCUT2D eigenvalue weighted by Crippen LogP contribution is 2.19. The van der Waals surface area contributed by atoms with Gasteiger partial charge in [-0.3, -0.25) is 4.79 Å². The summed E-state index contributed by atoms with van der Waals surface area (Å²) in [5.41, 5.74) is 1.89. The lowest BCUT2D eigenvalue weighted by Crippen LogP contribution is -2.43. The molecule has 0 aromatic heterocycles. The van der Waals surface area contributed by atoms with Gasteiger partial charge in [-0.05, 0) is 49.7 Å². The van der Waals surface area contributed by atoms with Crippen molar-refractivity contribution < 1.29 is 9.53 Å². The predicted molar refractivity (Wildman–Crippen MR) is 107 cm³/mol. The highest BCUT2D eigenvalue weighted by molar-refractivity contribution is 6.31. The molecule has 3 rings (SSSR count). The smallest absolute Gasteiger partial charge is 0.224 e. The van der Waals surface area contributed by atoms with E-state index in [0.29, 0.717) is 18.1 Å². The van der Waals surface area contributed by atoms with Gasteiger partial charge in [0.05, 0.1) is 6.42 Å². The topological polar surface area (TPSA) is 50.4 Å². The monoisotopic (exact) mass is 394 g/mol. The van der Waals surface area contributed by atoms with Crippen molar-refractivity contribution in [2.45, 2.75) is 31.9 Å². The van der Waals surface area contributed by atoms with Gasteiger partial charge in [-0.25, -0.2) is 0 Å². The third kappa shape index (κ3) is 6.20. The number of halogens is 2. The number of rotatable bonds is 6. The fraction of sp³-hybridized carbons (Fsp3) is 0.350. The quantitative estimate of drug-likeness (QED) is 0.783. The molecule has 0 spiro atoms. The Kier molecular flexibility index (Phi) is 8.23. The molecule has 1 heterocycles. The zero-order valence-corrected chi connectivity index (χ0v) is 16.1. The predicted octanol–water partition coefficient (Wildman–Crippen LogP) is 3.75. The highest BCUT2D eigenvalue weighted by atomic mass is 35.5. The van der Waals surface area contributed by atoms with E-state index in [9.17, 15) is 4.79 Å². The molecule has 2 N–H and O–H groups in total. The van der Waals surface area contributed by atoms with Gasteiger partial charge in [0.2, 0.25) is 5.91 Å². The molecular weight excluding hydrogens is 371 g/mol. The summed E-state index contributed by atoms with van der Waals surface area (Å²) in [5.74, 6) is 0.808. The van der Waals surface area contributed by atoms with E-state index in [0.717, 1.165) is 42.8 Å². The molecule has 1 aliphatic heterocycles. The first kappa shape index (κ1) is 20.6. The molecule has 6 heteroatoms. The zero-order valence-electron chi connectivity index (χ0n) is 14.5. The van der Waals surface area contributed by atoms with Crippen molar-refractivity contribution in [1.29, 1.82) is 0 Å². The third-order valence-electron chi connectivity index (χ3n) is 4.32. The highest BCUT2D eigenvalue weighted by Gasteiger charge is 2.15. The van der Waals surface area contributed by atoms with E-state index < -0.39 is 0 Å². The Morgan fingerprint density at radius 3 is 2.69 bits per heavy atom. The van der Waals surface area contributed by atoms with Gasteiger partial charge in [0.15, 0.2) is 0 Å². The second-order valence-corrected chi connectivity index (χ2v) is 6.70. The van der Waals surface area contributed by atoms with Gasteiger partial charge < -0.3 is 15.4 Å². The lowest BCUT2D eigenvalue weighted by Gasteiger charge is -2.23. The fourth-order valence-electron chi connectivity index (χ4n) is 2.95. The Bertz CT molecular complexity index is 718. The molecule has 140 valence electrons. The number of carbonyl (C=O) groups is 1. The van der Waals surface area contributed by atoms with E-state index in [1.807, 2.05) is 48.5 Å². The maximum Gasteiger partial charge on any atom is 0.224 e. The molecule has 1 fully saturated rings. The molecule has 1 amide bonds.